The molecule has 18 heavy (non-hydrogen) atoms. The summed E-state index contributed by atoms with van der Waals surface area (Å²) in [6.07, 6.45) is 0.891. The Morgan fingerprint density at radius 3 is 2.67 bits per heavy atom. The molecule has 0 saturated carbocycles. The zero-order valence-electron chi connectivity index (χ0n) is 10.7. The minimum Gasteiger partial charge on any atom is -0.375 e. The van der Waals surface area contributed by atoms with Gasteiger partial charge in [0.1, 0.15) is 11.1 Å². The van der Waals surface area contributed by atoms with Gasteiger partial charge in [0.25, 0.3) is 0 Å². The van der Waals surface area contributed by atoms with Crippen LogP contribution >= 0.6 is 11.3 Å². The summed E-state index contributed by atoms with van der Waals surface area (Å²) in [6, 6.07) is 10.2. The summed E-state index contributed by atoms with van der Waals surface area (Å²) in [4.78, 5) is 5.95. The second-order valence-corrected chi connectivity index (χ2v) is 5.22. The van der Waals surface area contributed by atoms with Crippen LogP contribution in [0.1, 0.15) is 22.9 Å². The molecular weight excluding hydrogens is 244 g/mol. The fourth-order valence-corrected chi connectivity index (χ4v) is 2.90. The number of benzene rings is 1. The van der Waals surface area contributed by atoms with E-state index in [4.69, 9.17) is 15.5 Å². The van der Waals surface area contributed by atoms with E-state index in [9.17, 15) is 0 Å². The quantitative estimate of drug-likeness (QED) is 0.901. The van der Waals surface area contributed by atoms with Crippen molar-refractivity contribution in [3.05, 3.63) is 40.2 Å². The highest BCUT2D eigenvalue weighted by atomic mass is 32.1. The SMILES string of the molecule is COC(C)c1nc(-c2ccccc2)c(CCN)s1. The van der Waals surface area contributed by atoms with E-state index < -0.39 is 0 Å². The van der Waals surface area contributed by atoms with E-state index in [1.165, 1.54) is 4.88 Å². The first-order chi connectivity index (χ1) is 8.76. The second kappa shape index (κ2) is 6.09. The molecule has 1 heterocycles. The van der Waals surface area contributed by atoms with E-state index in [0.717, 1.165) is 22.7 Å². The van der Waals surface area contributed by atoms with Gasteiger partial charge >= 0.3 is 0 Å². The number of thiazole rings is 1. The van der Waals surface area contributed by atoms with Gasteiger partial charge in [-0.15, -0.1) is 11.3 Å². The summed E-state index contributed by atoms with van der Waals surface area (Å²) in [6.45, 7) is 2.66. The van der Waals surface area contributed by atoms with Crippen LogP contribution in [0.25, 0.3) is 11.3 Å². The number of aromatic nitrogens is 1. The third-order valence-electron chi connectivity index (χ3n) is 2.83. The number of nitrogens with zero attached hydrogens (tertiary/aromatic N) is 1. The summed E-state index contributed by atoms with van der Waals surface area (Å²) in [5.41, 5.74) is 7.86. The van der Waals surface area contributed by atoms with Crippen molar-refractivity contribution in [2.24, 2.45) is 5.73 Å². The Balaban J connectivity index is 2.41. The van der Waals surface area contributed by atoms with E-state index >= 15 is 0 Å². The lowest BCUT2D eigenvalue weighted by molar-refractivity contribution is 0.119. The minimum atomic E-state index is 0.0315. The summed E-state index contributed by atoms with van der Waals surface area (Å²) in [5, 5.41) is 1.01. The monoisotopic (exact) mass is 262 g/mol. The van der Waals surface area contributed by atoms with Crippen molar-refractivity contribution in [2.75, 3.05) is 13.7 Å². The molecular formula is C14H18N2OS. The highest BCUT2D eigenvalue weighted by molar-refractivity contribution is 7.12. The smallest absolute Gasteiger partial charge is 0.122 e. The van der Waals surface area contributed by atoms with E-state index in [2.05, 4.69) is 12.1 Å². The van der Waals surface area contributed by atoms with Crippen LogP contribution in [0.15, 0.2) is 30.3 Å². The second-order valence-electron chi connectivity index (χ2n) is 4.11. The largest absolute Gasteiger partial charge is 0.375 e. The average molecular weight is 262 g/mol. The average Bonchev–Trinajstić information content (AvgIpc) is 2.83. The molecule has 2 aromatic rings. The van der Waals surface area contributed by atoms with Crippen LogP contribution in [-0.2, 0) is 11.2 Å². The Kier molecular flexibility index (Phi) is 4.47. The van der Waals surface area contributed by atoms with E-state index in [1.54, 1.807) is 18.4 Å². The van der Waals surface area contributed by atoms with Crippen molar-refractivity contribution in [2.45, 2.75) is 19.4 Å². The maximum Gasteiger partial charge on any atom is 0.122 e. The molecule has 3 nitrogen and oxygen atoms in total. The van der Waals surface area contributed by atoms with Crippen molar-refractivity contribution in [1.82, 2.24) is 4.98 Å². The van der Waals surface area contributed by atoms with Gasteiger partial charge in [-0.1, -0.05) is 30.3 Å². The first-order valence-corrected chi connectivity index (χ1v) is 6.85. The lowest BCUT2D eigenvalue weighted by Gasteiger charge is -2.03. The molecule has 0 aliphatic heterocycles. The molecule has 0 aliphatic carbocycles. The van der Waals surface area contributed by atoms with Gasteiger partial charge in [-0.3, -0.25) is 0 Å². The summed E-state index contributed by atoms with van der Waals surface area (Å²) in [7, 11) is 1.71. The van der Waals surface area contributed by atoms with Crippen LogP contribution in [0.5, 0.6) is 0 Å². The van der Waals surface area contributed by atoms with Crippen molar-refractivity contribution < 1.29 is 4.74 Å². The number of ether oxygens (including phenoxy) is 1. The van der Waals surface area contributed by atoms with Crippen molar-refractivity contribution in [1.29, 1.82) is 0 Å². The predicted molar refractivity (Wildman–Crippen MR) is 75.7 cm³/mol. The van der Waals surface area contributed by atoms with Gasteiger partial charge in [0.2, 0.25) is 0 Å². The summed E-state index contributed by atoms with van der Waals surface area (Å²) >= 11 is 1.70. The van der Waals surface area contributed by atoms with Gasteiger partial charge in [0.05, 0.1) is 5.69 Å². The molecule has 1 atom stereocenters. The standard InChI is InChI=1S/C14H18N2OS/c1-10(17-2)14-16-13(12(18-14)8-9-15)11-6-4-3-5-7-11/h3-7,10H,8-9,15H2,1-2H3. The molecule has 96 valence electrons. The molecule has 2 N–H and O–H groups in total. The first-order valence-electron chi connectivity index (χ1n) is 6.04. The molecule has 1 aromatic heterocycles. The third kappa shape index (κ3) is 2.77. The number of rotatable bonds is 5. The van der Waals surface area contributed by atoms with Gasteiger partial charge in [-0.2, -0.15) is 0 Å². The number of hydrogen-bond donors (Lipinski definition) is 1. The van der Waals surface area contributed by atoms with Crippen molar-refractivity contribution >= 4 is 11.3 Å². The molecule has 1 unspecified atom stereocenters. The molecule has 2 rings (SSSR count). The van der Waals surface area contributed by atoms with Crippen molar-refractivity contribution in [3.8, 4) is 11.3 Å². The molecule has 4 heteroatoms. The predicted octanol–water partition coefficient (Wildman–Crippen LogP) is 3.02. The molecule has 0 aliphatic rings. The number of methoxy groups -OCH3 is 1. The number of hydrogen-bond acceptors (Lipinski definition) is 4. The lowest BCUT2D eigenvalue weighted by Crippen LogP contribution is -2.02. The normalized spacial score (nSPS) is 12.6. The number of nitrogens with two attached hydrogens (primary N) is 1. The Labute approximate surface area is 112 Å². The van der Waals surface area contributed by atoms with Crippen LogP contribution in [0.3, 0.4) is 0 Å². The fraction of sp³-hybridized carbons (Fsp3) is 0.357. The first kappa shape index (κ1) is 13.2. The van der Waals surface area contributed by atoms with Gasteiger partial charge < -0.3 is 10.5 Å². The third-order valence-corrected chi connectivity index (χ3v) is 4.11. The van der Waals surface area contributed by atoms with Gasteiger partial charge in [-0.05, 0) is 19.9 Å². The summed E-state index contributed by atoms with van der Waals surface area (Å²) in [5.74, 6) is 0. The molecule has 0 saturated heterocycles. The van der Waals surface area contributed by atoms with Crippen LogP contribution in [0.2, 0.25) is 0 Å². The Morgan fingerprint density at radius 2 is 2.06 bits per heavy atom. The minimum absolute atomic E-state index is 0.0315. The van der Waals surface area contributed by atoms with E-state index in [0.29, 0.717) is 6.54 Å². The van der Waals surface area contributed by atoms with Gasteiger partial charge in [-0.25, -0.2) is 4.98 Å². The maximum absolute atomic E-state index is 5.67. The highest BCUT2D eigenvalue weighted by Crippen LogP contribution is 2.32. The van der Waals surface area contributed by atoms with E-state index in [-0.39, 0.29) is 6.10 Å². The highest BCUT2D eigenvalue weighted by Gasteiger charge is 2.16. The fourth-order valence-electron chi connectivity index (χ4n) is 1.77. The Bertz CT molecular complexity index is 496. The van der Waals surface area contributed by atoms with Gasteiger partial charge in [0, 0.05) is 17.6 Å². The van der Waals surface area contributed by atoms with Crippen LogP contribution in [0.4, 0.5) is 0 Å². The molecule has 0 amide bonds. The molecule has 0 bridgehead atoms. The molecule has 0 radical (unpaired) electrons. The lowest BCUT2D eigenvalue weighted by atomic mass is 10.1. The topological polar surface area (TPSA) is 48.1 Å². The molecule has 0 spiro atoms. The van der Waals surface area contributed by atoms with Crippen LogP contribution in [0, 0.1) is 0 Å². The summed E-state index contributed by atoms with van der Waals surface area (Å²) < 4.78 is 5.34. The van der Waals surface area contributed by atoms with E-state index in [1.807, 2.05) is 25.1 Å². The zero-order valence-corrected chi connectivity index (χ0v) is 11.5. The maximum atomic E-state index is 5.67. The molecule has 1 aromatic carbocycles. The van der Waals surface area contributed by atoms with Gasteiger partial charge in [0.15, 0.2) is 0 Å². The van der Waals surface area contributed by atoms with Crippen molar-refractivity contribution in [3.63, 3.8) is 0 Å². The Morgan fingerprint density at radius 1 is 1.33 bits per heavy atom. The van der Waals surface area contributed by atoms with Crippen LogP contribution < -0.4 is 5.73 Å². The van der Waals surface area contributed by atoms with Crippen LogP contribution in [-0.4, -0.2) is 18.6 Å². The molecule has 0 fully saturated rings. The zero-order chi connectivity index (χ0) is 13.0. The Hall–Kier alpha value is -1.23.